The highest BCUT2D eigenvalue weighted by atomic mass is 35.5. The van der Waals surface area contributed by atoms with Crippen molar-refractivity contribution >= 4 is 29.1 Å². The summed E-state index contributed by atoms with van der Waals surface area (Å²) in [4.78, 5) is 26.1. The van der Waals surface area contributed by atoms with E-state index in [1.165, 1.54) is 48.3 Å². The second kappa shape index (κ2) is 10.4. The second-order valence-corrected chi connectivity index (χ2v) is 9.53. The molecule has 1 saturated carbocycles. The molecule has 3 aromatic rings. The molecule has 0 spiro atoms. The first-order valence-corrected chi connectivity index (χ1v) is 12.0. The van der Waals surface area contributed by atoms with E-state index in [1.807, 2.05) is 0 Å². The molecule has 12 heteroatoms. The largest absolute Gasteiger partial charge is 0.618 e. The Kier molecular flexibility index (Phi) is 7.44. The molecule has 4 rings (SSSR count). The van der Waals surface area contributed by atoms with E-state index in [1.54, 1.807) is 7.05 Å². The molecule has 1 aromatic carbocycles. The molecule has 0 saturated heterocycles. The Morgan fingerprint density at radius 1 is 1.24 bits per heavy atom. The summed E-state index contributed by atoms with van der Waals surface area (Å²) in [6.07, 6.45) is 1.90. The summed E-state index contributed by atoms with van der Waals surface area (Å²) in [6.45, 7) is 1.51. The summed E-state index contributed by atoms with van der Waals surface area (Å²) in [7, 11) is 1.56. The standard InChI is InChI=1S/C25H25ClF3N5O3/c1-14-21(18(26)8-12-34(14)37)17-4-3-16(13-19(17)27)31-24(36)22(15-5-9-25(28,29)10-6-15)32-23(35)20-7-11-30-33(20)2/h3-4,7-8,11-13,15,22H,5-6,9-10H2,1-2H3,(H,31,36)(H,32,35). The predicted octanol–water partition coefficient (Wildman–Crippen LogP) is 4.38. The Hall–Kier alpha value is -3.60. The molecule has 0 bridgehead atoms. The lowest BCUT2D eigenvalue weighted by molar-refractivity contribution is -0.611. The number of anilines is 1. The molecule has 2 aromatic heterocycles. The fraction of sp³-hybridized carbons (Fsp3) is 0.360. The maximum absolute atomic E-state index is 15.1. The van der Waals surface area contributed by atoms with Crippen LogP contribution in [0.4, 0.5) is 18.9 Å². The molecule has 2 amide bonds. The van der Waals surface area contributed by atoms with Crippen molar-refractivity contribution in [1.82, 2.24) is 15.1 Å². The van der Waals surface area contributed by atoms with E-state index in [-0.39, 0.29) is 46.1 Å². The number of benzene rings is 1. The first-order valence-electron chi connectivity index (χ1n) is 11.6. The van der Waals surface area contributed by atoms with Crippen molar-refractivity contribution in [3.05, 3.63) is 70.2 Å². The number of hydrogen-bond donors (Lipinski definition) is 2. The summed E-state index contributed by atoms with van der Waals surface area (Å²) < 4.78 is 44.5. The highest BCUT2D eigenvalue weighted by Crippen LogP contribution is 2.38. The molecule has 1 unspecified atom stereocenters. The topological polar surface area (TPSA) is 103 Å². The van der Waals surface area contributed by atoms with Gasteiger partial charge >= 0.3 is 0 Å². The average Bonchev–Trinajstić information content (AvgIpc) is 3.27. The predicted molar refractivity (Wildman–Crippen MR) is 131 cm³/mol. The number of alkyl halides is 2. The van der Waals surface area contributed by atoms with Crippen LogP contribution in [-0.2, 0) is 11.8 Å². The lowest BCUT2D eigenvalue weighted by atomic mass is 9.81. The number of carbonyl (C=O) groups is 2. The lowest BCUT2D eigenvalue weighted by Gasteiger charge is -2.33. The summed E-state index contributed by atoms with van der Waals surface area (Å²) in [5.41, 5.74) is 0.780. The Morgan fingerprint density at radius 3 is 2.57 bits per heavy atom. The number of halogens is 4. The van der Waals surface area contributed by atoms with Crippen LogP contribution in [0.25, 0.3) is 11.1 Å². The van der Waals surface area contributed by atoms with E-state index in [0.717, 1.165) is 6.07 Å². The SMILES string of the molecule is Cc1c(-c2ccc(NC(=O)C(NC(=O)c3ccnn3C)C3CCC(F)(F)CC3)cc2F)c(Cl)cc[n+]1[O-]. The number of hydrogen-bond acceptors (Lipinski definition) is 4. The van der Waals surface area contributed by atoms with E-state index >= 15 is 4.39 Å². The average molecular weight is 536 g/mol. The lowest BCUT2D eigenvalue weighted by Crippen LogP contribution is -2.50. The monoisotopic (exact) mass is 535 g/mol. The molecule has 0 radical (unpaired) electrons. The third kappa shape index (κ3) is 5.71. The van der Waals surface area contributed by atoms with Crippen molar-refractivity contribution in [2.75, 3.05) is 5.32 Å². The first-order chi connectivity index (χ1) is 17.5. The fourth-order valence-electron chi connectivity index (χ4n) is 4.56. The molecule has 2 heterocycles. The maximum atomic E-state index is 15.1. The van der Waals surface area contributed by atoms with Crippen molar-refractivity contribution in [3.63, 3.8) is 0 Å². The highest BCUT2D eigenvalue weighted by Gasteiger charge is 2.40. The maximum Gasteiger partial charge on any atom is 0.270 e. The van der Waals surface area contributed by atoms with Crippen LogP contribution in [0.3, 0.4) is 0 Å². The van der Waals surface area contributed by atoms with Crippen LogP contribution in [0.15, 0.2) is 42.7 Å². The first kappa shape index (κ1) is 26.5. The Labute approximate surface area is 216 Å². The van der Waals surface area contributed by atoms with Gasteiger partial charge in [-0.05, 0) is 43.0 Å². The van der Waals surface area contributed by atoms with E-state index in [0.29, 0.717) is 4.73 Å². The molecule has 37 heavy (non-hydrogen) atoms. The molecule has 1 aliphatic rings. The van der Waals surface area contributed by atoms with Crippen LogP contribution in [0, 0.1) is 23.9 Å². The van der Waals surface area contributed by atoms with Gasteiger partial charge < -0.3 is 15.8 Å². The summed E-state index contributed by atoms with van der Waals surface area (Å²) >= 11 is 6.19. The zero-order valence-electron chi connectivity index (χ0n) is 20.1. The van der Waals surface area contributed by atoms with Gasteiger partial charge in [-0.25, -0.2) is 13.2 Å². The number of nitrogens with zero attached hydrogens (tertiary/aromatic N) is 3. The number of nitrogens with one attached hydrogen (secondary N) is 2. The quantitative estimate of drug-likeness (QED) is 0.361. The van der Waals surface area contributed by atoms with Crippen LogP contribution >= 0.6 is 11.6 Å². The van der Waals surface area contributed by atoms with E-state index in [2.05, 4.69) is 15.7 Å². The van der Waals surface area contributed by atoms with Crippen LogP contribution in [-0.4, -0.2) is 33.6 Å². The van der Waals surface area contributed by atoms with Gasteiger partial charge in [-0.2, -0.15) is 9.83 Å². The molecule has 1 atom stereocenters. The smallest absolute Gasteiger partial charge is 0.270 e. The van der Waals surface area contributed by atoms with Gasteiger partial charge in [-0.1, -0.05) is 11.6 Å². The van der Waals surface area contributed by atoms with Gasteiger partial charge in [-0.15, -0.1) is 0 Å². The van der Waals surface area contributed by atoms with E-state index in [4.69, 9.17) is 11.6 Å². The molecule has 8 nitrogen and oxygen atoms in total. The normalized spacial score (nSPS) is 16.3. The number of amides is 2. The van der Waals surface area contributed by atoms with Gasteiger partial charge in [0.15, 0.2) is 11.9 Å². The molecular formula is C25H25ClF3N5O3. The number of rotatable bonds is 6. The minimum Gasteiger partial charge on any atom is -0.618 e. The minimum absolute atomic E-state index is 0.0328. The number of aromatic nitrogens is 3. The Morgan fingerprint density at radius 2 is 1.95 bits per heavy atom. The molecule has 1 aliphatic carbocycles. The molecular weight excluding hydrogens is 511 g/mol. The van der Waals surface area contributed by atoms with Gasteiger partial charge in [0.25, 0.3) is 5.91 Å². The van der Waals surface area contributed by atoms with Crippen molar-refractivity contribution in [3.8, 4) is 11.1 Å². The van der Waals surface area contributed by atoms with Crippen LogP contribution in [0.1, 0.15) is 41.9 Å². The van der Waals surface area contributed by atoms with Gasteiger partial charge in [-0.3, -0.25) is 14.3 Å². The second-order valence-electron chi connectivity index (χ2n) is 9.12. The molecule has 2 N–H and O–H groups in total. The van der Waals surface area contributed by atoms with Crippen molar-refractivity contribution in [2.24, 2.45) is 13.0 Å². The van der Waals surface area contributed by atoms with Crippen molar-refractivity contribution < 1.29 is 27.5 Å². The van der Waals surface area contributed by atoms with Gasteiger partial charge in [0.2, 0.25) is 11.8 Å². The number of carbonyl (C=O) groups excluding carboxylic acids is 2. The minimum atomic E-state index is -2.82. The van der Waals surface area contributed by atoms with Gasteiger partial charge in [0.05, 0.1) is 10.6 Å². The molecule has 0 aliphatic heterocycles. The van der Waals surface area contributed by atoms with Crippen LogP contribution in [0.2, 0.25) is 5.02 Å². The third-order valence-corrected chi connectivity index (χ3v) is 6.96. The number of aryl methyl sites for hydroxylation is 1. The molecule has 1 fully saturated rings. The number of pyridine rings is 1. The zero-order chi connectivity index (χ0) is 26.9. The highest BCUT2D eigenvalue weighted by molar-refractivity contribution is 6.33. The van der Waals surface area contributed by atoms with Crippen molar-refractivity contribution in [1.29, 1.82) is 0 Å². The molecule has 196 valence electrons. The van der Waals surface area contributed by atoms with Crippen LogP contribution in [0.5, 0.6) is 0 Å². The zero-order valence-corrected chi connectivity index (χ0v) is 20.9. The Bertz CT molecular complexity index is 1340. The third-order valence-electron chi connectivity index (χ3n) is 6.65. The van der Waals surface area contributed by atoms with Gasteiger partial charge in [0.1, 0.15) is 17.6 Å². The summed E-state index contributed by atoms with van der Waals surface area (Å²) in [6, 6.07) is 5.57. The van der Waals surface area contributed by atoms with Crippen molar-refractivity contribution in [2.45, 2.75) is 44.6 Å². The summed E-state index contributed by atoms with van der Waals surface area (Å²) in [5.74, 6) is -5.34. The Balaban J connectivity index is 1.57. The van der Waals surface area contributed by atoms with E-state index in [9.17, 15) is 23.6 Å². The fourth-order valence-corrected chi connectivity index (χ4v) is 4.85. The summed E-state index contributed by atoms with van der Waals surface area (Å²) in [5, 5.41) is 21.3. The van der Waals surface area contributed by atoms with E-state index < -0.39 is 48.4 Å². The van der Waals surface area contributed by atoms with Crippen LogP contribution < -0.4 is 15.4 Å². The van der Waals surface area contributed by atoms with Gasteiger partial charge in [0, 0.05) is 50.3 Å².